The highest BCUT2D eigenvalue weighted by atomic mass is 16.5. The van der Waals surface area contributed by atoms with Gasteiger partial charge in [-0.05, 0) is 61.3 Å². The van der Waals surface area contributed by atoms with Gasteiger partial charge in [-0.15, -0.1) is 0 Å². The Morgan fingerprint density at radius 3 is 2.46 bits per heavy atom. The third-order valence-corrected chi connectivity index (χ3v) is 5.43. The van der Waals surface area contributed by atoms with E-state index in [0.29, 0.717) is 17.4 Å². The van der Waals surface area contributed by atoms with Crippen molar-refractivity contribution in [3.05, 3.63) is 34.9 Å². The number of esters is 1. The number of aliphatic hydroxyl groups is 1. The number of carbonyl (C=O) groups is 2. The fraction of sp³-hybridized carbons (Fsp3) is 0.579. The number of rotatable bonds is 4. The van der Waals surface area contributed by atoms with E-state index in [0.717, 1.165) is 19.3 Å². The molecule has 5 heteroatoms. The van der Waals surface area contributed by atoms with Crippen molar-refractivity contribution in [2.45, 2.75) is 57.7 Å². The van der Waals surface area contributed by atoms with Crippen LogP contribution in [0.5, 0.6) is 0 Å². The van der Waals surface area contributed by atoms with E-state index in [4.69, 9.17) is 9.84 Å². The Labute approximate surface area is 141 Å². The Bertz CT molecular complexity index is 622. The lowest BCUT2D eigenvalue weighted by atomic mass is 9.69. The van der Waals surface area contributed by atoms with Crippen LogP contribution in [0.15, 0.2) is 18.2 Å². The molecule has 0 radical (unpaired) electrons. The van der Waals surface area contributed by atoms with Gasteiger partial charge in [0.2, 0.25) is 0 Å². The van der Waals surface area contributed by atoms with Crippen molar-refractivity contribution in [2.75, 3.05) is 0 Å². The van der Waals surface area contributed by atoms with Crippen molar-refractivity contribution in [3.63, 3.8) is 0 Å². The predicted octanol–water partition coefficient (Wildman–Crippen LogP) is 3.39. The number of ether oxygens (including phenoxy) is 1. The molecule has 0 saturated heterocycles. The largest absolute Gasteiger partial charge is 0.478 e. The minimum atomic E-state index is -1.12. The second-order valence-corrected chi connectivity index (χ2v) is 6.96. The molecular weight excluding hydrogens is 308 g/mol. The predicted molar refractivity (Wildman–Crippen MR) is 87.8 cm³/mol. The first-order valence-corrected chi connectivity index (χ1v) is 8.77. The first kappa shape index (κ1) is 17.0. The minimum Gasteiger partial charge on any atom is -0.478 e. The molecule has 1 unspecified atom stereocenters. The summed E-state index contributed by atoms with van der Waals surface area (Å²) in [5.41, 5.74) is 0.602. The molecule has 1 aromatic carbocycles. The van der Waals surface area contributed by atoms with Crippen molar-refractivity contribution < 1.29 is 24.5 Å². The van der Waals surface area contributed by atoms with Gasteiger partial charge in [-0.3, -0.25) is 0 Å². The lowest BCUT2D eigenvalue weighted by Crippen LogP contribution is -2.37. The van der Waals surface area contributed by atoms with Crippen molar-refractivity contribution in [2.24, 2.45) is 11.8 Å². The van der Waals surface area contributed by atoms with E-state index in [1.807, 2.05) is 0 Å². The highest BCUT2D eigenvalue weighted by Gasteiger charge is 2.37. The maximum absolute atomic E-state index is 12.5. The maximum atomic E-state index is 12.5. The zero-order valence-corrected chi connectivity index (χ0v) is 13.7. The van der Waals surface area contributed by atoms with Crippen LogP contribution in [0, 0.1) is 11.8 Å². The van der Waals surface area contributed by atoms with Crippen LogP contribution >= 0.6 is 0 Å². The van der Waals surface area contributed by atoms with Crippen LogP contribution in [0.2, 0.25) is 0 Å². The van der Waals surface area contributed by atoms with E-state index in [2.05, 4.69) is 0 Å². The van der Waals surface area contributed by atoms with E-state index in [-0.39, 0.29) is 23.8 Å². The summed E-state index contributed by atoms with van der Waals surface area (Å²) in [7, 11) is 0. The van der Waals surface area contributed by atoms with Gasteiger partial charge >= 0.3 is 11.9 Å². The molecule has 2 aliphatic rings. The molecule has 2 aliphatic carbocycles. The normalized spacial score (nSPS) is 26.5. The smallest absolute Gasteiger partial charge is 0.338 e. The Morgan fingerprint density at radius 1 is 1.00 bits per heavy atom. The summed E-state index contributed by atoms with van der Waals surface area (Å²) >= 11 is 0. The number of benzene rings is 1. The molecule has 2 N–H and O–H groups in total. The number of carboxylic acids is 1. The van der Waals surface area contributed by atoms with Crippen molar-refractivity contribution >= 4 is 11.9 Å². The Morgan fingerprint density at radius 2 is 1.71 bits per heavy atom. The summed E-state index contributed by atoms with van der Waals surface area (Å²) in [4.78, 5) is 23.7. The van der Waals surface area contributed by atoms with Crippen LogP contribution < -0.4 is 0 Å². The Hall–Kier alpha value is -1.88. The summed E-state index contributed by atoms with van der Waals surface area (Å²) in [6.45, 7) is -0.310. The van der Waals surface area contributed by atoms with Crippen LogP contribution in [-0.4, -0.2) is 28.3 Å². The molecule has 2 fully saturated rings. The molecule has 0 aliphatic heterocycles. The summed E-state index contributed by atoms with van der Waals surface area (Å²) in [5.74, 6) is -0.506. The van der Waals surface area contributed by atoms with Gasteiger partial charge in [0.25, 0.3) is 0 Å². The zero-order valence-electron chi connectivity index (χ0n) is 13.7. The molecule has 5 nitrogen and oxygen atoms in total. The van der Waals surface area contributed by atoms with Crippen molar-refractivity contribution in [1.82, 2.24) is 0 Å². The van der Waals surface area contributed by atoms with Crippen LogP contribution in [0.25, 0.3) is 0 Å². The quantitative estimate of drug-likeness (QED) is 0.826. The number of carbonyl (C=O) groups excluding carboxylic acids is 1. The van der Waals surface area contributed by atoms with E-state index in [1.165, 1.54) is 43.9 Å². The molecular formula is C19H24O5. The van der Waals surface area contributed by atoms with Gasteiger partial charge in [0, 0.05) is 0 Å². The summed E-state index contributed by atoms with van der Waals surface area (Å²) < 4.78 is 5.77. The Kier molecular flexibility index (Phi) is 5.19. The zero-order chi connectivity index (χ0) is 17.1. The minimum absolute atomic E-state index is 0.00677. The van der Waals surface area contributed by atoms with E-state index in [1.54, 1.807) is 0 Å². The van der Waals surface area contributed by atoms with Gasteiger partial charge in [-0.2, -0.15) is 0 Å². The molecule has 3 rings (SSSR count). The number of carboxylic acid groups (broad SMARTS) is 1. The fourth-order valence-electron chi connectivity index (χ4n) is 4.26. The first-order chi connectivity index (χ1) is 11.6. The van der Waals surface area contributed by atoms with Crippen LogP contribution in [0.1, 0.15) is 71.2 Å². The van der Waals surface area contributed by atoms with Gasteiger partial charge in [-0.25, -0.2) is 9.59 Å². The molecule has 130 valence electrons. The number of aliphatic hydroxyl groups excluding tert-OH is 1. The average molecular weight is 332 g/mol. The average Bonchev–Trinajstić information content (AvgIpc) is 2.61. The Balaban J connectivity index is 1.76. The van der Waals surface area contributed by atoms with Crippen molar-refractivity contribution in [3.8, 4) is 0 Å². The first-order valence-electron chi connectivity index (χ1n) is 8.77. The highest BCUT2D eigenvalue weighted by molar-refractivity contribution is 5.95. The summed E-state index contributed by atoms with van der Waals surface area (Å²) in [6.07, 6.45) is 7.92. The topological polar surface area (TPSA) is 83.8 Å². The molecule has 2 saturated carbocycles. The molecule has 0 amide bonds. The molecule has 0 aromatic heterocycles. The molecule has 24 heavy (non-hydrogen) atoms. The van der Waals surface area contributed by atoms with E-state index >= 15 is 0 Å². The third kappa shape index (κ3) is 3.61. The maximum Gasteiger partial charge on any atom is 0.338 e. The summed E-state index contributed by atoms with van der Waals surface area (Å²) in [6, 6.07) is 4.21. The van der Waals surface area contributed by atoms with Crippen LogP contribution in [-0.2, 0) is 11.3 Å². The lowest BCUT2D eigenvalue weighted by Gasteiger charge is -2.40. The van der Waals surface area contributed by atoms with Gasteiger partial charge in [-0.1, -0.05) is 19.3 Å². The molecule has 1 aromatic rings. The van der Waals surface area contributed by atoms with E-state index in [9.17, 15) is 14.7 Å². The van der Waals surface area contributed by atoms with Gasteiger partial charge < -0.3 is 14.9 Å². The van der Waals surface area contributed by atoms with Crippen LogP contribution in [0.3, 0.4) is 0 Å². The third-order valence-electron chi connectivity index (χ3n) is 5.43. The molecule has 0 bridgehead atoms. The standard InChI is InChI=1S/C19H24O5/c20-11-12-8-14(18(21)22)10-15(9-12)19(23)24-17-7-3-5-13-4-1-2-6-16(13)17/h8-10,13,16-17,20H,1-7,11H2,(H,21,22)/t13-,16-,17?/m1/s1. The van der Waals surface area contributed by atoms with E-state index < -0.39 is 11.9 Å². The second-order valence-electron chi connectivity index (χ2n) is 6.96. The molecule has 0 spiro atoms. The van der Waals surface area contributed by atoms with Gasteiger partial charge in [0.1, 0.15) is 6.10 Å². The second kappa shape index (κ2) is 7.34. The fourth-order valence-corrected chi connectivity index (χ4v) is 4.26. The molecule has 3 atom stereocenters. The van der Waals surface area contributed by atoms with Crippen molar-refractivity contribution in [1.29, 1.82) is 0 Å². The van der Waals surface area contributed by atoms with Crippen LogP contribution in [0.4, 0.5) is 0 Å². The highest BCUT2D eigenvalue weighted by Crippen LogP contribution is 2.42. The SMILES string of the molecule is O=C(O)c1cc(CO)cc(C(=O)OC2CCC[C@H]3CCCC[C@@H]23)c1. The number of aromatic carboxylic acids is 1. The summed E-state index contributed by atoms with van der Waals surface area (Å²) in [5, 5.41) is 18.4. The monoisotopic (exact) mass is 332 g/mol. The van der Waals surface area contributed by atoms with Gasteiger partial charge in [0.05, 0.1) is 17.7 Å². The van der Waals surface area contributed by atoms with Gasteiger partial charge in [0.15, 0.2) is 0 Å². The number of hydrogen-bond donors (Lipinski definition) is 2. The number of hydrogen-bond acceptors (Lipinski definition) is 4. The lowest BCUT2D eigenvalue weighted by molar-refractivity contribution is -0.0249. The molecule has 0 heterocycles. The number of fused-ring (bicyclic) bond motifs is 1.